The zero-order valence-electron chi connectivity index (χ0n) is 18.0. The molecular formula is C26H27N3O2S. The molecule has 2 amide bonds. The van der Waals surface area contributed by atoms with Crippen LogP contribution in [0.3, 0.4) is 0 Å². The van der Waals surface area contributed by atoms with Gasteiger partial charge in [0.1, 0.15) is 0 Å². The fourth-order valence-electron chi connectivity index (χ4n) is 4.17. The van der Waals surface area contributed by atoms with Gasteiger partial charge in [0.15, 0.2) is 5.11 Å². The second kappa shape index (κ2) is 10.4. The van der Waals surface area contributed by atoms with E-state index in [1.807, 2.05) is 65.6 Å². The summed E-state index contributed by atoms with van der Waals surface area (Å²) >= 11 is 5.38. The molecule has 0 radical (unpaired) electrons. The molecule has 0 spiro atoms. The number of benzene rings is 3. The monoisotopic (exact) mass is 445 g/mol. The van der Waals surface area contributed by atoms with E-state index in [-0.39, 0.29) is 23.3 Å². The van der Waals surface area contributed by atoms with Gasteiger partial charge in [-0.25, -0.2) is 0 Å². The molecule has 0 aliphatic carbocycles. The molecule has 3 aromatic carbocycles. The molecule has 164 valence electrons. The lowest BCUT2D eigenvalue weighted by Crippen LogP contribution is -2.36. The number of hydrogen-bond donors (Lipinski definition) is 2. The number of nitrogens with zero attached hydrogens (tertiary/aromatic N) is 1. The van der Waals surface area contributed by atoms with E-state index < -0.39 is 0 Å². The van der Waals surface area contributed by atoms with Crippen LogP contribution in [0.1, 0.15) is 41.6 Å². The molecule has 0 saturated carbocycles. The van der Waals surface area contributed by atoms with Gasteiger partial charge in [-0.3, -0.25) is 9.59 Å². The second-order valence-corrected chi connectivity index (χ2v) is 8.48. The highest BCUT2D eigenvalue weighted by Gasteiger charge is 2.20. The number of likely N-dealkylation sites (tertiary alicyclic amines) is 1. The SMILES string of the molecule is O=C(Cc1cccc2ccccc12)NC(=S)Nc1ccccc1C(=O)N1CCCCCC1. The van der Waals surface area contributed by atoms with Crippen molar-refractivity contribution in [1.82, 2.24) is 10.2 Å². The minimum atomic E-state index is -0.199. The maximum atomic E-state index is 13.1. The van der Waals surface area contributed by atoms with Crippen molar-refractivity contribution in [3.05, 3.63) is 77.9 Å². The molecule has 0 unspecified atom stereocenters. The van der Waals surface area contributed by atoms with Gasteiger partial charge < -0.3 is 15.5 Å². The first-order chi connectivity index (χ1) is 15.6. The van der Waals surface area contributed by atoms with Gasteiger partial charge in [0, 0.05) is 13.1 Å². The zero-order valence-corrected chi connectivity index (χ0v) is 18.8. The molecule has 4 rings (SSSR count). The fraction of sp³-hybridized carbons (Fsp3) is 0.269. The van der Waals surface area contributed by atoms with Crippen LogP contribution in [0.2, 0.25) is 0 Å². The number of para-hydroxylation sites is 1. The van der Waals surface area contributed by atoms with Crippen molar-refractivity contribution in [2.75, 3.05) is 18.4 Å². The molecule has 0 bridgehead atoms. The van der Waals surface area contributed by atoms with Crippen LogP contribution >= 0.6 is 12.2 Å². The van der Waals surface area contributed by atoms with Crippen LogP contribution in [-0.2, 0) is 11.2 Å². The molecule has 0 atom stereocenters. The van der Waals surface area contributed by atoms with Gasteiger partial charge in [0.25, 0.3) is 5.91 Å². The van der Waals surface area contributed by atoms with Crippen LogP contribution in [0.5, 0.6) is 0 Å². The Balaban J connectivity index is 1.42. The van der Waals surface area contributed by atoms with Crippen molar-refractivity contribution in [2.45, 2.75) is 32.1 Å². The number of rotatable bonds is 4. The van der Waals surface area contributed by atoms with Gasteiger partial charge in [0.2, 0.25) is 5.91 Å². The highest BCUT2D eigenvalue weighted by molar-refractivity contribution is 7.80. The molecule has 1 fully saturated rings. The molecule has 1 aliphatic rings. The first-order valence-corrected chi connectivity index (χ1v) is 11.5. The lowest BCUT2D eigenvalue weighted by Gasteiger charge is -2.22. The van der Waals surface area contributed by atoms with E-state index >= 15 is 0 Å². The predicted molar refractivity (Wildman–Crippen MR) is 133 cm³/mol. The molecule has 1 heterocycles. The average molecular weight is 446 g/mol. The maximum Gasteiger partial charge on any atom is 0.255 e. The molecule has 3 aromatic rings. The third kappa shape index (κ3) is 5.32. The third-order valence-corrected chi connectivity index (χ3v) is 5.99. The summed E-state index contributed by atoms with van der Waals surface area (Å²) < 4.78 is 0. The Labute approximate surface area is 193 Å². The topological polar surface area (TPSA) is 61.4 Å². The summed E-state index contributed by atoms with van der Waals surface area (Å²) in [5.74, 6) is -0.199. The third-order valence-electron chi connectivity index (χ3n) is 5.78. The Morgan fingerprint density at radius 3 is 2.34 bits per heavy atom. The van der Waals surface area contributed by atoms with E-state index in [4.69, 9.17) is 12.2 Å². The number of thiocarbonyl (C=S) groups is 1. The molecule has 1 saturated heterocycles. The van der Waals surface area contributed by atoms with Gasteiger partial charge in [-0.15, -0.1) is 0 Å². The lowest BCUT2D eigenvalue weighted by molar-refractivity contribution is -0.119. The summed E-state index contributed by atoms with van der Waals surface area (Å²) in [5, 5.41) is 8.14. The van der Waals surface area contributed by atoms with Crippen molar-refractivity contribution in [1.29, 1.82) is 0 Å². The molecule has 1 aliphatic heterocycles. The Morgan fingerprint density at radius 2 is 1.53 bits per heavy atom. The van der Waals surface area contributed by atoms with Crippen molar-refractivity contribution in [2.24, 2.45) is 0 Å². The van der Waals surface area contributed by atoms with Gasteiger partial charge >= 0.3 is 0 Å². The van der Waals surface area contributed by atoms with Crippen molar-refractivity contribution < 1.29 is 9.59 Å². The smallest absolute Gasteiger partial charge is 0.255 e. The molecule has 2 N–H and O–H groups in total. The number of hydrogen-bond acceptors (Lipinski definition) is 3. The Hall–Kier alpha value is -3.25. The highest BCUT2D eigenvalue weighted by Crippen LogP contribution is 2.21. The second-order valence-electron chi connectivity index (χ2n) is 8.07. The maximum absolute atomic E-state index is 13.1. The quantitative estimate of drug-likeness (QED) is 0.560. The van der Waals surface area contributed by atoms with Gasteiger partial charge in [-0.05, 0) is 53.5 Å². The van der Waals surface area contributed by atoms with Crippen LogP contribution < -0.4 is 10.6 Å². The first kappa shape index (κ1) is 22.0. The van der Waals surface area contributed by atoms with Gasteiger partial charge in [-0.2, -0.15) is 0 Å². The largest absolute Gasteiger partial charge is 0.339 e. The highest BCUT2D eigenvalue weighted by atomic mass is 32.1. The molecular weight excluding hydrogens is 418 g/mol. The Morgan fingerprint density at radius 1 is 0.844 bits per heavy atom. The normalized spacial score (nSPS) is 13.9. The molecule has 6 heteroatoms. The number of fused-ring (bicyclic) bond motifs is 1. The van der Waals surface area contributed by atoms with Crippen LogP contribution in [0, 0.1) is 0 Å². The first-order valence-electron chi connectivity index (χ1n) is 11.1. The van der Waals surface area contributed by atoms with Crippen molar-refractivity contribution in [3.8, 4) is 0 Å². The van der Waals surface area contributed by atoms with Gasteiger partial charge in [-0.1, -0.05) is 67.4 Å². The van der Waals surface area contributed by atoms with Crippen LogP contribution in [0.25, 0.3) is 10.8 Å². The minimum Gasteiger partial charge on any atom is -0.339 e. The van der Waals surface area contributed by atoms with E-state index in [2.05, 4.69) is 10.6 Å². The van der Waals surface area contributed by atoms with Crippen LogP contribution in [0.15, 0.2) is 66.7 Å². The van der Waals surface area contributed by atoms with E-state index in [1.165, 1.54) is 0 Å². The standard InChI is InChI=1S/C26H27N3O2S/c30-24(18-20-12-9-11-19-10-3-4-13-21(19)20)28-26(32)27-23-15-6-5-14-22(23)25(31)29-16-7-1-2-8-17-29/h3-6,9-15H,1-2,7-8,16-18H2,(H2,27,28,30,32). The number of anilines is 1. The fourth-order valence-corrected chi connectivity index (χ4v) is 4.39. The van der Waals surface area contributed by atoms with E-state index in [0.29, 0.717) is 11.3 Å². The van der Waals surface area contributed by atoms with Crippen LogP contribution in [-0.4, -0.2) is 34.9 Å². The van der Waals surface area contributed by atoms with Crippen molar-refractivity contribution in [3.63, 3.8) is 0 Å². The Kier molecular flexibility index (Phi) is 7.12. The predicted octanol–water partition coefficient (Wildman–Crippen LogP) is 4.91. The van der Waals surface area contributed by atoms with E-state index in [0.717, 1.165) is 55.1 Å². The van der Waals surface area contributed by atoms with Crippen LogP contribution in [0.4, 0.5) is 5.69 Å². The molecule has 32 heavy (non-hydrogen) atoms. The number of carbonyl (C=O) groups excluding carboxylic acids is 2. The van der Waals surface area contributed by atoms with E-state index in [9.17, 15) is 9.59 Å². The summed E-state index contributed by atoms with van der Waals surface area (Å²) in [6.45, 7) is 1.55. The van der Waals surface area contributed by atoms with Crippen molar-refractivity contribution >= 4 is 45.6 Å². The summed E-state index contributed by atoms with van der Waals surface area (Å²) in [6, 6.07) is 21.2. The molecule has 0 aromatic heterocycles. The summed E-state index contributed by atoms with van der Waals surface area (Å²) in [5.41, 5.74) is 2.12. The zero-order chi connectivity index (χ0) is 22.3. The Bertz CT molecular complexity index is 1130. The number of amides is 2. The molecule has 5 nitrogen and oxygen atoms in total. The average Bonchev–Trinajstić information content (AvgIpc) is 3.09. The van der Waals surface area contributed by atoms with Gasteiger partial charge in [0.05, 0.1) is 17.7 Å². The summed E-state index contributed by atoms with van der Waals surface area (Å²) in [4.78, 5) is 27.7. The summed E-state index contributed by atoms with van der Waals surface area (Å²) in [7, 11) is 0. The lowest BCUT2D eigenvalue weighted by atomic mass is 10.0. The summed E-state index contributed by atoms with van der Waals surface area (Å²) in [6.07, 6.45) is 4.61. The number of carbonyl (C=O) groups is 2. The number of nitrogens with one attached hydrogen (secondary N) is 2. The minimum absolute atomic E-state index is 0.000109. The van der Waals surface area contributed by atoms with E-state index in [1.54, 1.807) is 6.07 Å².